The number of likely N-dealkylation sites (N-methyl/N-ethyl adjacent to an activating group) is 1. The van der Waals surface area contributed by atoms with Gasteiger partial charge in [-0.15, -0.1) is 0 Å². The molecule has 0 radical (unpaired) electrons. The average Bonchev–Trinajstić information content (AvgIpc) is 2.71. The van der Waals surface area contributed by atoms with Crippen molar-refractivity contribution >= 4 is 16.8 Å². The predicted octanol–water partition coefficient (Wildman–Crippen LogP) is 4.75. The zero-order valence-electron chi connectivity index (χ0n) is 16.7. The molecule has 0 spiro atoms. The van der Waals surface area contributed by atoms with E-state index in [1.54, 1.807) is 26.4 Å². The van der Waals surface area contributed by atoms with Gasteiger partial charge in [-0.05, 0) is 59.6 Å². The number of fused-ring (bicyclic) bond motifs is 1. The topological polar surface area (TPSA) is 41.9 Å². The summed E-state index contributed by atoms with van der Waals surface area (Å²) in [5.41, 5.74) is 2.38. The standard InChI is InChI=1S/C24H27NO3/c1-25(15-13-18-9-12-23(27-2)24(16-18)28-3)14-5-8-19-6-4-7-20-17-21(26)10-11-22(19)20/h4-12,16-17,26H,13-15H2,1-3H3/b8-5+. The molecule has 0 aliphatic rings. The highest BCUT2D eigenvalue weighted by Crippen LogP contribution is 2.28. The van der Waals surface area contributed by atoms with Gasteiger partial charge in [-0.3, -0.25) is 0 Å². The van der Waals surface area contributed by atoms with Gasteiger partial charge in [0.05, 0.1) is 14.2 Å². The lowest BCUT2D eigenvalue weighted by Gasteiger charge is -2.15. The fraction of sp³-hybridized carbons (Fsp3) is 0.250. The number of ether oxygens (including phenoxy) is 2. The molecule has 1 N–H and O–H groups in total. The highest BCUT2D eigenvalue weighted by Gasteiger charge is 2.05. The number of hydrogen-bond donors (Lipinski definition) is 1. The highest BCUT2D eigenvalue weighted by atomic mass is 16.5. The number of phenols is 1. The van der Waals surface area contributed by atoms with Crippen LogP contribution in [-0.4, -0.2) is 44.4 Å². The molecule has 0 saturated carbocycles. The zero-order chi connectivity index (χ0) is 19.9. The van der Waals surface area contributed by atoms with Gasteiger partial charge < -0.3 is 19.5 Å². The van der Waals surface area contributed by atoms with E-state index in [1.807, 2.05) is 30.3 Å². The SMILES string of the molecule is COc1ccc(CCN(C)C/C=C/c2cccc3cc(O)ccc23)cc1OC. The molecule has 0 unspecified atom stereocenters. The summed E-state index contributed by atoms with van der Waals surface area (Å²) in [4.78, 5) is 2.28. The summed E-state index contributed by atoms with van der Waals surface area (Å²) in [6, 6.07) is 17.7. The van der Waals surface area contributed by atoms with Gasteiger partial charge in [-0.25, -0.2) is 0 Å². The van der Waals surface area contributed by atoms with Crippen LogP contribution >= 0.6 is 0 Å². The molecule has 146 valence electrons. The molecule has 0 amide bonds. The van der Waals surface area contributed by atoms with Crippen molar-refractivity contribution in [1.82, 2.24) is 4.90 Å². The van der Waals surface area contributed by atoms with Crippen LogP contribution in [0.3, 0.4) is 0 Å². The number of methoxy groups -OCH3 is 2. The number of phenolic OH excluding ortho intramolecular Hbond substituents is 1. The van der Waals surface area contributed by atoms with Crippen molar-refractivity contribution in [2.45, 2.75) is 6.42 Å². The van der Waals surface area contributed by atoms with E-state index in [0.717, 1.165) is 47.3 Å². The second kappa shape index (κ2) is 9.29. The molecular weight excluding hydrogens is 350 g/mol. The quantitative estimate of drug-likeness (QED) is 0.615. The number of nitrogens with zero attached hydrogens (tertiary/aromatic N) is 1. The molecule has 0 fully saturated rings. The minimum atomic E-state index is 0.295. The highest BCUT2D eigenvalue weighted by molar-refractivity contribution is 5.91. The second-order valence-corrected chi connectivity index (χ2v) is 6.86. The Kier molecular flexibility index (Phi) is 6.56. The summed E-state index contributed by atoms with van der Waals surface area (Å²) in [6.07, 6.45) is 5.26. The van der Waals surface area contributed by atoms with Crippen molar-refractivity contribution in [3.05, 3.63) is 71.8 Å². The van der Waals surface area contributed by atoms with Crippen molar-refractivity contribution < 1.29 is 14.6 Å². The molecule has 28 heavy (non-hydrogen) atoms. The summed E-state index contributed by atoms with van der Waals surface area (Å²) in [6.45, 7) is 1.81. The van der Waals surface area contributed by atoms with Crippen LogP contribution in [0.15, 0.2) is 60.7 Å². The minimum absolute atomic E-state index is 0.295. The van der Waals surface area contributed by atoms with Crippen LogP contribution in [0, 0.1) is 0 Å². The van der Waals surface area contributed by atoms with E-state index in [9.17, 15) is 5.11 Å². The van der Waals surface area contributed by atoms with E-state index in [2.05, 4.69) is 36.2 Å². The van der Waals surface area contributed by atoms with E-state index < -0.39 is 0 Å². The fourth-order valence-corrected chi connectivity index (χ4v) is 3.25. The van der Waals surface area contributed by atoms with Gasteiger partial charge in [-0.2, -0.15) is 0 Å². The molecule has 3 aromatic rings. The predicted molar refractivity (Wildman–Crippen MR) is 115 cm³/mol. The van der Waals surface area contributed by atoms with Crippen LogP contribution in [0.1, 0.15) is 11.1 Å². The van der Waals surface area contributed by atoms with Crippen LogP contribution in [0.5, 0.6) is 17.2 Å². The normalized spacial score (nSPS) is 11.4. The monoisotopic (exact) mass is 377 g/mol. The molecule has 3 aromatic carbocycles. The molecule has 0 atom stereocenters. The fourth-order valence-electron chi connectivity index (χ4n) is 3.25. The Hall–Kier alpha value is -2.98. The van der Waals surface area contributed by atoms with Crippen molar-refractivity contribution in [3.8, 4) is 17.2 Å². The molecule has 0 bridgehead atoms. The van der Waals surface area contributed by atoms with Gasteiger partial charge in [0.1, 0.15) is 5.75 Å². The van der Waals surface area contributed by atoms with Gasteiger partial charge in [0, 0.05) is 13.1 Å². The van der Waals surface area contributed by atoms with E-state index in [1.165, 1.54) is 5.56 Å². The maximum Gasteiger partial charge on any atom is 0.160 e. The third-order valence-corrected chi connectivity index (χ3v) is 4.84. The molecule has 4 nitrogen and oxygen atoms in total. The Morgan fingerprint density at radius 1 is 0.964 bits per heavy atom. The first-order valence-electron chi connectivity index (χ1n) is 9.38. The molecule has 4 heteroatoms. The van der Waals surface area contributed by atoms with Gasteiger partial charge >= 0.3 is 0 Å². The van der Waals surface area contributed by atoms with Crippen molar-refractivity contribution in [3.63, 3.8) is 0 Å². The van der Waals surface area contributed by atoms with Crippen molar-refractivity contribution in [2.24, 2.45) is 0 Å². The van der Waals surface area contributed by atoms with Crippen molar-refractivity contribution in [2.75, 3.05) is 34.4 Å². The lowest BCUT2D eigenvalue weighted by atomic mass is 10.0. The van der Waals surface area contributed by atoms with Crippen LogP contribution in [0.25, 0.3) is 16.8 Å². The van der Waals surface area contributed by atoms with Gasteiger partial charge in [-0.1, -0.05) is 42.5 Å². The Labute approximate surface area is 166 Å². The average molecular weight is 377 g/mol. The third kappa shape index (κ3) is 4.84. The van der Waals surface area contributed by atoms with Crippen LogP contribution in [0.4, 0.5) is 0 Å². The Bertz CT molecular complexity index is 965. The number of rotatable bonds is 8. The molecular formula is C24H27NO3. The Morgan fingerprint density at radius 3 is 2.57 bits per heavy atom. The van der Waals surface area contributed by atoms with Gasteiger partial charge in [0.25, 0.3) is 0 Å². The number of benzene rings is 3. The molecule has 0 aromatic heterocycles. The molecule has 3 rings (SSSR count). The maximum absolute atomic E-state index is 9.65. The summed E-state index contributed by atoms with van der Waals surface area (Å²) in [7, 11) is 5.43. The van der Waals surface area contributed by atoms with Crippen LogP contribution in [-0.2, 0) is 6.42 Å². The Balaban J connectivity index is 1.58. The van der Waals surface area contributed by atoms with Gasteiger partial charge in [0.15, 0.2) is 11.5 Å². The van der Waals surface area contributed by atoms with E-state index >= 15 is 0 Å². The van der Waals surface area contributed by atoms with E-state index in [4.69, 9.17) is 9.47 Å². The first kappa shape index (κ1) is 19.8. The number of aromatic hydroxyl groups is 1. The van der Waals surface area contributed by atoms with Gasteiger partial charge in [0.2, 0.25) is 0 Å². The maximum atomic E-state index is 9.65. The second-order valence-electron chi connectivity index (χ2n) is 6.86. The Morgan fingerprint density at radius 2 is 1.79 bits per heavy atom. The van der Waals surface area contributed by atoms with E-state index in [-0.39, 0.29) is 0 Å². The largest absolute Gasteiger partial charge is 0.508 e. The lowest BCUT2D eigenvalue weighted by molar-refractivity contribution is 0.353. The lowest BCUT2D eigenvalue weighted by Crippen LogP contribution is -2.21. The molecule has 0 aliphatic carbocycles. The number of hydrogen-bond acceptors (Lipinski definition) is 4. The summed E-state index contributed by atoms with van der Waals surface area (Å²) in [5.74, 6) is 1.82. The first-order valence-corrected chi connectivity index (χ1v) is 9.38. The van der Waals surface area contributed by atoms with E-state index in [0.29, 0.717) is 5.75 Å². The minimum Gasteiger partial charge on any atom is -0.508 e. The molecule has 0 saturated heterocycles. The smallest absolute Gasteiger partial charge is 0.160 e. The van der Waals surface area contributed by atoms with Crippen LogP contribution < -0.4 is 9.47 Å². The summed E-state index contributed by atoms with van der Waals surface area (Å²) >= 11 is 0. The summed E-state index contributed by atoms with van der Waals surface area (Å²) in [5, 5.41) is 11.8. The first-order chi connectivity index (χ1) is 13.6. The third-order valence-electron chi connectivity index (χ3n) is 4.84. The molecule has 0 heterocycles. The summed E-state index contributed by atoms with van der Waals surface area (Å²) < 4.78 is 10.7. The molecule has 0 aliphatic heterocycles. The zero-order valence-corrected chi connectivity index (χ0v) is 16.7. The van der Waals surface area contributed by atoms with Crippen LogP contribution in [0.2, 0.25) is 0 Å². The van der Waals surface area contributed by atoms with Crippen molar-refractivity contribution in [1.29, 1.82) is 0 Å².